The maximum absolute atomic E-state index is 13.0. The lowest BCUT2D eigenvalue weighted by molar-refractivity contribution is -0.137. The minimum atomic E-state index is -4.43. The summed E-state index contributed by atoms with van der Waals surface area (Å²) in [5.74, 6) is 0.891. The molecule has 0 bridgehead atoms. The van der Waals surface area contributed by atoms with Crippen LogP contribution in [-0.2, 0) is 16.2 Å². The Morgan fingerprint density at radius 2 is 1.77 bits per heavy atom. The van der Waals surface area contributed by atoms with Crippen molar-refractivity contribution in [3.8, 4) is 0 Å². The van der Waals surface area contributed by atoms with Gasteiger partial charge in [0.15, 0.2) is 0 Å². The molecule has 2 aromatic carbocycles. The van der Waals surface area contributed by atoms with E-state index in [0.29, 0.717) is 35.7 Å². The van der Waals surface area contributed by atoms with E-state index in [4.69, 9.17) is 0 Å². The SMILES string of the molecule is CC1CCN(S(=O)(=O)c2ccc3nc(Nc4cccc(C(F)(F)F)c4)ccc3c2)CC1. The molecule has 0 unspecified atom stereocenters. The predicted octanol–water partition coefficient (Wildman–Crippen LogP) is 5.42. The van der Waals surface area contributed by atoms with Crippen molar-refractivity contribution in [3.63, 3.8) is 0 Å². The largest absolute Gasteiger partial charge is 0.416 e. The van der Waals surface area contributed by atoms with Gasteiger partial charge in [0.05, 0.1) is 16.0 Å². The zero-order chi connectivity index (χ0) is 22.2. The van der Waals surface area contributed by atoms with Crippen molar-refractivity contribution in [2.45, 2.75) is 30.8 Å². The van der Waals surface area contributed by atoms with E-state index in [0.717, 1.165) is 25.0 Å². The molecule has 0 saturated carbocycles. The third kappa shape index (κ3) is 4.67. The van der Waals surface area contributed by atoms with Gasteiger partial charge in [-0.2, -0.15) is 17.5 Å². The number of alkyl halides is 3. The van der Waals surface area contributed by atoms with Crippen molar-refractivity contribution in [2.75, 3.05) is 18.4 Å². The number of aromatic nitrogens is 1. The number of benzene rings is 2. The first-order chi connectivity index (χ1) is 14.6. The second kappa shape index (κ2) is 8.12. The molecule has 1 aliphatic rings. The van der Waals surface area contributed by atoms with Crippen LogP contribution in [0, 0.1) is 5.92 Å². The van der Waals surface area contributed by atoms with Crippen LogP contribution in [0.4, 0.5) is 24.7 Å². The molecule has 5 nitrogen and oxygen atoms in total. The minimum absolute atomic E-state index is 0.218. The van der Waals surface area contributed by atoms with Gasteiger partial charge in [-0.3, -0.25) is 0 Å². The normalized spacial score (nSPS) is 16.5. The van der Waals surface area contributed by atoms with E-state index in [1.807, 2.05) is 0 Å². The molecule has 1 aromatic heterocycles. The van der Waals surface area contributed by atoms with Crippen molar-refractivity contribution < 1.29 is 21.6 Å². The highest BCUT2D eigenvalue weighted by Crippen LogP contribution is 2.32. The fourth-order valence-electron chi connectivity index (χ4n) is 3.63. The lowest BCUT2D eigenvalue weighted by Crippen LogP contribution is -2.37. The Morgan fingerprint density at radius 1 is 1.03 bits per heavy atom. The van der Waals surface area contributed by atoms with Crippen LogP contribution >= 0.6 is 0 Å². The molecule has 0 amide bonds. The summed E-state index contributed by atoms with van der Waals surface area (Å²) in [7, 11) is -3.57. The van der Waals surface area contributed by atoms with E-state index in [1.165, 1.54) is 22.5 Å². The smallest absolute Gasteiger partial charge is 0.340 e. The summed E-state index contributed by atoms with van der Waals surface area (Å²) in [5.41, 5.74) is 0.0589. The van der Waals surface area contributed by atoms with Gasteiger partial charge in [0.25, 0.3) is 0 Å². The predicted molar refractivity (Wildman–Crippen MR) is 114 cm³/mol. The Bertz CT molecular complexity index is 1200. The molecule has 2 heterocycles. The fraction of sp³-hybridized carbons (Fsp3) is 0.318. The first-order valence-electron chi connectivity index (χ1n) is 9.98. The van der Waals surface area contributed by atoms with Crippen LogP contribution in [0.25, 0.3) is 10.9 Å². The van der Waals surface area contributed by atoms with Crippen LogP contribution in [0.15, 0.2) is 59.5 Å². The Morgan fingerprint density at radius 3 is 2.48 bits per heavy atom. The number of nitrogens with zero attached hydrogens (tertiary/aromatic N) is 2. The van der Waals surface area contributed by atoms with Crippen LogP contribution in [0.3, 0.4) is 0 Å². The van der Waals surface area contributed by atoms with Crippen molar-refractivity contribution in [3.05, 3.63) is 60.2 Å². The van der Waals surface area contributed by atoms with E-state index in [2.05, 4.69) is 17.2 Å². The van der Waals surface area contributed by atoms with E-state index < -0.39 is 21.8 Å². The molecule has 0 spiro atoms. The zero-order valence-corrected chi connectivity index (χ0v) is 17.7. The molecule has 164 valence electrons. The van der Waals surface area contributed by atoms with Crippen LogP contribution in [0.1, 0.15) is 25.3 Å². The Labute approximate surface area is 179 Å². The molecule has 1 aliphatic heterocycles. The van der Waals surface area contributed by atoms with Gasteiger partial charge in [-0.1, -0.05) is 13.0 Å². The number of halogens is 3. The molecule has 0 aliphatic carbocycles. The number of hydrogen-bond acceptors (Lipinski definition) is 4. The first kappa shape index (κ1) is 21.6. The molecule has 4 rings (SSSR count). The molecular weight excluding hydrogens is 427 g/mol. The summed E-state index contributed by atoms with van der Waals surface area (Å²) in [6, 6.07) is 12.9. The van der Waals surface area contributed by atoms with Crippen molar-refractivity contribution in [2.24, 2.45) is 5.92 Å². The highest BCUT2D eigenvalue weighted by molar-refractivity contribution is 7.89. The van der Waals surface area contributed by atoms with Gasteiger partial charge < -0.3 is 5.32 Å². The monoisotopic (exact) mass is 449 g/mol. The summed E-state index contributed by atoms with van der Waals surface area (Å²) in [6.45, 7) is 3.15. The average molecular weight is 449 g/mol. The second-order valence-electron chi connectivity index (χ2n) is 7.84. The standard InChI is InChI=1S/C22H22F3N3O2S/c1-15-9-11-28(12-10-15)31(29,30)19-6-7-20-16(13-19)5-8-21(27-20)26-18-4-2-3-17(14-18)22(23,24)25/h2-8,13-15H,9-12H2,1H3,(H,26,27). The molecular formula is C22H22F3N3O2S. The lowest BCUT2D eigenvalue weighted by Gasteiger charge is -2.29. The molecule has 1 N–H and O–H groups in total. The first-order valence-corrected chi connectivity index (χ1v) is 11.4. The minimum Gasteiger partial charge on any atom is -0.340 e. The van der Waals surface area contributed by atoms with Crippen LogP contribution in [-0.4, -0.2) is 30.8 Å². The van der Waals surface area contributed by atoms with Gasteiger partial charge in [-0.25, -0.2) is 13.4 Å². The van der Waals surface area contributed by atoms with E-state index >= 15 is 0 Å². The topological polar surface area (TPSA) is 62.3 Å². The van der Waals surface area contributed by atoms with Crippen LogP contribution in [0.2, 0.25) is 0 Å². The van der Waals surface area contributed by atoms with E-state index in [1.54, 1.807) is 24.3 Å². The molecule has 0 radical (unpaired) electrons. The number of piperidine rings is 1. The van der Waals surface area contributed by atoms with Gasteiger partial charge in [0, 0.05) is 24.2 Å². The number of pyridine rings is 1. The Hall–Kier alpha value is -2.65. The number of sulfonamides is 1. The zero-order valence-electron chi connectivity index (χ0n) is 16.9. The third-order valence-corrected chi connectivity index (χ3v) is 7.40. The highest BCUT2D eigenvalue weighted by atomic mass is 32.2. The van der Waals surface area contributed by atoms with Crippen molar-refractivity contribution in [1.29, 1.82) is 0 Å². The lowest BCUT2D eigenvalue weighted by atomic mass is 10.0. The van der Waals surface area contributed by atoms with Crippen LogP contribution < -0.4 is 5.32 Å². The fourth-order valence-corrected chi connectivity index (χ4v) is 5.13. The third-order valence-electron chi connectivity index (χ3n) is 5.50. The number of fused-ring (bicyclic) bond motifs is 1. The highest BCUT2D eigenvalue weighted by Gasteiger charge is 2.30. The molecule has 1 fully saturated rings. The molecule has 3 aromatic rings. The molecule has 0 atom stereocenters. The number of anilines is 2. The Balaban J connectivity index is 1.58. The maximum atomic E-state index is 13.0. The van der Waals surface area contributed by atoms with Crippen LogP contribution in [0.5, 0.6) is 0 Å². The van der Waals surface area contributed by atoms with Gasteiger partial charge in [-0.05, 0) is 67.3 Å². The summed E-state index contributed by atoms with van der Waals surface area (Å²) in [4.78, 5) is 4.62. The van der Waals surface area contributed by atoms with Gasteiger partial charge >= 0.3 is 6.18 Å². The maximum Gasteiger partial charge on any atom is 0.416 e. The van der Waals surface area contributed by atoms with Crippen molar-refractivity contribution >= 4 is 32.4 Å². The van der Waals surface area contributed by atoms with Gasteiger partial charge in [-0.15, -0.1) is 0 Å². The average Bonchev–Trinajstić information content (AvgIpc) is 2.73. The quantitative estimate of drug-likeness (QED) is 0.578. The number of hydrogen-bond donors (Lipinski definition) is 1. The molecule has 1 saturated heterocycles. The summed E-state index contributed by atoms with van der Waals surface area (Å²) < 4.78 is 66.2. The van der Waals surface area contributed by atoms with E-state index in [-0.39, 0.29) is 10.6 Å². The number of nitrogens with one attached hydrogen (secondary N) is 1. The molecule has 9 heteroatoms. The van der Waals surface area contributed by atoms with Crippen molar-refractivity contribution in [1.82, 2.24) is 9.29 Å². The van der Waals surface area contributed by atoms with E-state index in [9.17, 15) is 21.6 Å². The summed E-state index contributed by atoms with van der Waals surface area (Å²) >= 11 is 0. The summed E-state index contributed by atoms with van der Waals surface area (Å²) in [5, 5.41) is 3.51. The summed E-state index contributed by atoms with van der Waals surface area (Å²) in [6.07, 6.45) is -2.74. The number of rotatable bonds is 4. The second-order valence-corrected chi connectivity index (χ2v) is 9.78. The van der Waals surface area contributed by atoms with Gasteiger partial charge in [0.2, 0.25) is 10.0 Å². The van der Waals surface area contributed by atoms with Gasteiger partial charge in [0.1, 0.15) is 5.82 Å². The molecule has 31 heavy (non-hydrogen) atoms. The Kier molecular flexibility index (Phi) is 5.65.